The first-order chi connectivity index (χ1) is 12.7. The fourth-order valence-electron chi connectivity index (χ4n) is 2.39. The number of nitrogens with zero attached hydrogens (tertiary/aromatic N) is 2. The van der Waals surface area contributed by atoms with Gasteiger partial charge in [-0.2, -0.15) is 0 Å². The van der Waals surface area contributed by atoms with Crippen molar-refractivity contribution in [2.45, 2.75) is 19.3 Å². The summed E-state index contributed by atoms with van der Waals surface area (Å²) < 4.78 is 0. The smallest absolute Gasteiger partial charge is 0.250 e. The number of hydrogen-bond donors (Lipinski definition) is 1. The third-order valence-corrected chi connectivity index (χ3v) is 4.84. The minimum absolute atomic E-state index is 0.230. The van der Waals surface area contributed by atoms with E-state index in [1.807, 2.05) is 30.3 Å². The second-order valence-electron chi connectivity index (χ2n) is 5.71. The topological polar surface area (TPSA) is 54.9 Å². The molecule has 132 valence electrons. The van der Waals surface area contributed by atoms with Crippen LogP contribution in [0.5, 0.6) is 0 Å². The number of anilines is 1. The SMILES string of the molecule is O=C(/C=C/c1ccc(Cl)cc1)Nc1nnc(CCCc2ccccc2)s1. The van der Waals surface area contributed by atoms with Crippen molar-refractivity contribution in [2.75, 3.05) is 5.32 Å². The van der Waals surface area contributed by atoms with E-state index in [9.17, 15) is 4.79 Å². The molecule has 0 aliphatic rings. The number of aromatic nitrogens is 2. The number of nitrogens with one attached hydrogen (secondary N) is 1. The van der Waals surface area contributed by atoms with Crippen LogP contribution >= 0.6 is 22.9 Å². The molecule has 0 bridgehead atoms. The third kappa shape index (κ3) is 5.79. The van der Waals surface area contributed by atoms with Gasteiger partial charge in [-0.3, -0.25) is 10.1 Å². The van der Waals surface area contributed by atoms with Crippen LogP contribution in [0.4, 0.5) is 5.13 Å². The summed E-state index contributed by atoms with van der Waals surface area (Å²) in [6.45, 7) is 0. The second-order valence-corrected chi connectivity index (χ2v) is 7.21. The number of rotatable bonds is 7. The van der Waals surface area contributed by atoms with Crippen LogP contribution in [0.15, 0.2) is 60.7 Å². The molecule has 1 N–H and O–H groups in total. The zero-order valence-corrected chi connectivity index (χ0v) is 15.6. The maximum absolute atomic E-state index is 12.0. The van der Waals surface area contributed by atoms with Gasteiger partial charge in [-0.05, 0) is 42.2 Å². The molecule has 0 aliphatic carbocycles. The Bertz CT molecular complexity index is 876. The molecule has 26 heavy (non-hydrogen) atoms. The van der Waals surface area contributed by atoms with E-state index in [4.69, 9.17) is 11.6 Å². The van der Waals surface area contributed by atoms with Gasteiger partial charge in [0, 0.05) is 17.5 Å². The second kappa shape index (κ2) is 9.27. The monoisotopic (exact) mass is 383 g/mol. The molecular weight excluding hydrogens is 366 g/mol. The number of halogens is 1. The highest BCUT2D eigenvalue weighted by Gasteiger charge is 2.06. The first-order valence-corrected chi connectivity index (χ1v) is 9.49. The van der Waals surface area contributed by atoms with Gasteiger partial charge in [-0.1, -0.05) is 65.4 Å². The van der Waals surface area contributed by atoms with Crippen molar-refractivity contribution in [3.63, 3.8) is 0 Å². The zero-order valence-electron chi connectivity index (χ0n) is 14.1. The molecule has 0 saturated heterocycles. The van der Waals surface area contributed by atoms with Crippen LogP contribution in [0, 0.1) is 0 Å². The summed E-state index contributed by atoms with van der Waals surface area (Å²) in [7, 11) is 0. The highest BCUT2D eigenvalue weighted by atomic mass is 35.5. The summed E-state index contributed by atoms with van der Waals surface area (Å²) in [4.78, 5) is 12.0. The molecule has 0 saturated carbocycles. The van der Waals surface area contributed by atoms with Crippen molar-refractivity contribution in [3.8, 4) is 0 Å². The number of hydrogen-bond acceptors (Lipinski definition) is 4. The Balaban J connectivity index is 1.46. The molecule has 2 aromatic carbocycles. The average molecular weight is 384 g/mol. The molecule has 4 nitrogen and oxygen atoms in total. The normalized spacial score (nSPS) is 11.0. The van der Waals surface area contributed by atoms with Crippen molar-refractivity contribution < 1.29 is 4.79 Å². The summed E-state index contributed by atoms with van der Waals surface area (Å²) in [5.41, 5.74) is 2.22. The van der Waals surface area contributed by atoms with Crippen molar-refractivity contribution in [1.29, 1.82) is 0 Å². The summed E-state index contributed by atoms with van der Waals surface area (Å²) in [5.74, 6) is -0.230. The van der Waals surface area contributed by atoms with Gasteiger partial charge in [-0.15, -0.1) is 10.2 Å². The Hall–Kier alpha value is -2.50. The van der Waals surface area contributed by atoms with Crippen molar-refractivity contribution in [3.05, 3.63) is 81.8 Å². The van der Waals surface area contributed by atoms with Gasteiger partial charge >= 0.3 is 0 Å². The van der Waals surface area contributed by atoms with E-state index in [1.165, 1.54) is 23.0 Å². The predicted octanol–water partition coefficient (Wildman–Crippen LogP) is 5.02. The molecule has 0 aliphatic heterocycles. The van der Waals surface area contributed by atoms with Gasteiger partial charge in [0.15, 0.2) is 0 Å². The van der Waals surface area contributed by atoms with E-state index in [2.05, 4.69) is 27.6 Å². The van der Waals surface area contributed by atoms with Gasteiger partial charge in [0.25, 0.3) is 0 Å². The minimum Gasteiger partial charge on any atom is -0.297 e. The summed E-state index contributed by atoms with van der Waals surface area (Å²) >= 11 is 7.25. The predicted molar refractivity (Wildman–Crippen MR) is 107 cm³/mol. The van der Waals surface area contributed by atoms with Crippen LogP contribution in [0.25, 0.3) is 6.08 Å². The lowest BCUT2D eigenvalue weighted by Gasteiger charge is -1.98. The van der Waals surface area contributed by atoms with Crippen LogP contribution < -0.4 is 5.32 Å². The van der Waals surface area contributed by atoms with Crippen LogP contribution in [-0.2, 0) is 17.6 Å². The Morgan fingerprint density at radius 3 is 2.58 bits per heavy atom. The zero-order chi connectivity index (χ0) is 18.2. The van der Waals surface area contributed by atoms with E-state index < -0.39 is 0 Å². The Labute approximate surface area is 161 Å². The summed E-state index contributed by atoms with van der Waals surface area (Å²) in [6.07, 6.45) is 6.06. The van der Waals surface area contributed by atoms with Gasteiger partial charge in [0.1, 0.15) is 5.01 Å². The fraction of sp³-hybridized carbons (Fsp3) is 0.150. The van der Waals surface area contributed by atoms with Gasteiger partial charge in [0.2, 0.25) is 11.0 Å². The molecule has 1 heterocycles. The highest BCUT2D eigenvalue weighted by molar-refractivity contribution is 7.15. The van der Waals surface area contributed by atoms with E-state index in [-0.39, 0.29) is 5.91 Å². The van der Waals surface area contributed by atoms with E-state index >= 15 is 0 Å². The van der Waals surface area contributed by atoms with Crippen molar-refractivity contribution in [2.24, 2.45) is 0 Å². The number of carbonyl (C=O) groups excluding carboxylic acids is 1. The minimum atomic E-state index is -0.230. The molecule has 0 spiro atoms. The number of carbonyl (C=O) groups is 1. The van der Waals surface area contributed by atoms with Crippen LogP contribution in [0.2, 0.25) is 5.02 Å². The number of aryl methyl sites for hydroxylation is 2. The average Bonchev–Trinajstić information content (AvgIpc) is 3.09. The molecule has 1 aromatic heterocycles. The highest BCUT2D eigenvalue weighted by Crippen LogP contribution is 2.18. The molecular formula is C20H18ClN3OS. The van der Waals surface area contributed by atoms with Crippen LogP contribution in [0.1, 0.15) is 22.6 Å². The molecule has 0 atom stereocenters. The first-order valence-electron chi connectivity index (χ1n) is 8.30. The molecule has 0 radical (unpaired) electrons. The fourth-order valence-corrected chi connectivity index (χ4v) is 3.30. The summed E-state index contributed by atoms with van der Waals surface area (Å²) in [6, 6.07) is 17.6. The molecule has 0 fully saturated rings. The van der Waals surface area contributed by atoms with Crippen LogP contribution in [0.3, 0.4) is 0 Å². The Morgan fingerprint density at radius 2 is 1.81 bits per heavy atom. The molecule has 6 heteroatoms. The molecule has 3 rings (SSSR count). The lowest BCUT2D eigenvalue weighted by atomic mass is 10.1. The lowest BCUT2D eigenvalue weighted by Crippen LogP contribution is -2.07. The van der Waals surface area contributed by atoms with Gasteiger partial charge < -0.3 is 0 Å². The standard InChI is InChI=1S/C20H18ClN3OS/c21-17-12-9-16(10-13-17)11-14-18(25)22-20-24-23-19(26-20)8-4-7-15-5-2-1-3-6-15/h1-3,5-6,9-14H,4,7-8H2,(H,22,24,25)/b14-11+. The van der Waals surface area contributed by atoms with E-state index in [0.29, 0.717) is 10.2 Å². The van der Waals surface area contributed by atoms with E-state index in [0.717, 1.165) is 29.8 Å². The maximum atomic E-state index is 12.0. The Morgan fingerprint density at radius 1 is 1.04 bits per heavy atom. The molecule has 3 aromatic rings. The number of benzene rings is 2. The van der Waals surface area contributed by atoms with Crippen molar-refractivity contribution >= 4 is 40.1 Å². The van der Waals surface area contributed by atoms with Gasteiger partial charge in [0.05, 0.1) is 0 Å². The quantitative estimate of drug-likeness (QED) is 0.583. The summed E-state index contributed by atoms with van der Waals surface area (Å²) in [5, 5.41) is 13.0. The molecule has 1 amide bonds. The third-order valence-electron chi connectivity index (χ3n) is 3.69. The van der Waals surface area contributed by atoms with Crippen molar-refractivity contribution in [1.82, 2.24) is 10.2 Å². The Kier molecular flexibility index (Phi) is 6.52. The van der Waals surface area contributed by atoms with E-state index in [1.54, 1.807) is 18.2 Å². The maximum Gasteiger partial charge on any atom is 0.250 e. The molecule has 0 unspecified atom stereocenters. The van der Waals surface area contributed by atoms with Crippen LogP contribution in [-0.4, -0.2) is 16.1 Å². The van der Waals surface area contributed by atoms with Gasteiger partial charge in [-0.25, -0.2) is 0 Å². The first kappa shape index (κ1) is 18.3. The lowest BCUT2D eigenvalue weighted by molar-refractivity contribution is -0.111. The largest absolute Gasteiger partial charge is 0.297 e. The number of amides is 1.